The first-order valence-corrected chi connectivity index (χ1v) is 5.79. The monoisotopic (exact) mass is 218 g/mol. The van der Waals surface area contributed by atoms with Gasteiger partial charge in [0, 0.05) is 17.6 Å². The second kappa shape index (κ2) is 4.66. The van der Waals surface area contributed by atoms with Crippen LogP contribution in [0.15, 0.2) is 24.3 Å². The van der Waals surface area contributed by atoms with Gasteiger partial charge in [-0.15, -0.1) is 0 Å². The van der Waals surface area contributed by atoms with E-state index in [2.05, 4.69) is 5.32 Å². The highest BCUT2D eigenvalue weighted by atomic mass is 16.1. The molecule has 0 aromatic heterocycles. The zero-order chi connectivity index (χ0) is 11.5. The molecule has 86 valence electrons. The molecule has 2 atom stereocenters. The molecule has 1 saturated carbocycles. The zero-order valence-electron chi connectivity index (χ0n) is 9.57. The fraction of sp³-hybridized carbons (Fsp3) is 0.462. The van der Waals surface area contributed by atoms with Crippen molar-refractivity contribution in [2.45, 2.75) is 32.2 Å². The van der Waals surface area contributed by atoms with E-state index in [0.717, 1.165) is 30.5 Å². The number of nitrogens with one attached hydrogen (secondary N) is 1. The SMILES string of the molecule is Cc1ccccc1NC(=O)C1CCC(N)C1. The summed E-state index contributed by atoms with van der Waals surface area (Å²) in [6.45, 7) is 2.00. The van der Waals surface area contributed by atoms with E-state index in [9.17, 15) is 4.79 Å². The summed E-state index contributed by atoms with van der Waals surface area (Å²) in [5, 5.41) is 2.98. The van der Waals surface area contributed by atoms with Crippen molar-refractivity contribution in [1.29, 1.82) is 0 Å². The van der Waals surface area contributed by atoms with Gasteiger partial charge in [-0.05, 0) is 37.8 Å². The first-order chi connectivity index (χ1) is 7.66. The Morgan fingerprint density at radius 2 is 2.12 bits per heavy atom. The number of anilines is 1. The molecule has 0 bridgehead atoms. The molecular formula is C13H18N2O. The summed E-state index contributed by atoms with van der Waals surface area (Å²) < 4.78 is 0. The van der Waals surface area contributed by atoms with E-state index in [4.69, 9.17) is 5.73 Å². The summed E-state index contributed by atoms with van der Waals surface area (Å²) >= 11 is 0. The average molecular weight is 218 g/mol. The third-order valence-corrected chi connectivity index (χ3v) is 3.25. The van der Waals surface area contributed by atoms with Crippen molar-refractivity contribution < 1.29 is 4.79 Å². The highest BCUT2D eigenvalue weighted by Gasteiger charge is 2.27. The molecule has 0 aliphatic heterocycles. The molecule has 16 heavy (non-hydrogen) atoms. The van der Waals surface area contributed by atoms with Gasteiger partial charge in [0.05, 0.1) is 0 Å². The summed E-state index contributed by atoms with van der Waals surface area (Å²) in [6.07, 6.45) is 2.70. The molecule has 0 heterocycles. The van der Waals surface area contributed by atoms with E-state index in [0.29, 0.717) is 0 Å². The van der Waals surface area contributed by atoms with Gasteiger partial charge in [-0.25, -0.2) is 0 Å². The molecule has 1 aromatic carbocycles. The summed E-state index contributed by atoms with van der Waals surface area (Å²) in [4.78, 5) is 11.9. The predicted molar refractivity (Wildman–Crippen MR) is 65.1 cm³/mol. The Labute approximate surface area is 96.0 Å². The van der Waals surface area contributed by atoms with Gasteiger partial charge in [-0.1, -0.05) is 18.2 Å². The number of carbonyl (C=O) groups is 1. The van der Waals surface area contributed by atoms with Gasteiger partial charge in [0.25, 0.3) is 0 Å². The predicted octanol–water partition coefficient (Wildman–Crippen LogP) is 2.06. The van der Waals surface area contributed by atoms with Crippen LogP contribution in [-0.2, 0) is 4.79 Å². The van der Waals surface area contributed by atoms with Crippen LogP contribution < -0.4 is 11.1 Å². The lowest BCUT2D eigenvalue weighted by molar-refractivity contribution is -0.119. The van der Waals surface area contributed by atoms with Crippen molar-refractivity contribution in [3.63, 3.8) is 0 Å². The van der Waals surface area contributed by atoms with E-state index in [1.807, 2.05) is 31.2 Å². The molecule has 1 amide bonds. The fourth-order valence-electron chi connectivity index (χ4n) is 2.20. The Morgan fingerprint density at radius 1 is 1.38 bits per heavy atom. The minimum absolute atomic E-state index is 0.0922. The minimum Gasteiger partial charge on any atom is -0.328 e. The van der Waals surface area contributed by atoms with Gasteiger partial charge in [-0.2, -0.15) is 0 Å². The van der Waals surface area contributed by atoms with Gasteiger partial charge >= 0.3 is 0 Å². The Kier molecular flexibility index (Phi) is 3.25. The average Bonchev–Trinajstić information content (AvgIpc) is 2.68. The van der Waals surface area contributed by atoms with E-state index in [1.165, 1.54) is 0 Å². The van der Waals surface area contributed by atoms with Gasteiger partial charge in [0.1, 0.15) is 0 Å². The van der Waals surface area contributed by atoms with Crippen LogP contribution in [0.1, 0.15) is 24.8 Å². The third kappa shape index (κ3) is 2.42. The van der Waals surface area contributed by atoms with Crippen LogP contribution in [0.25, 0.3) is 0 Å². The number of para-hydroxylation sites is 1. The number of benzene rings is 1. The largest absolute Gasteiger partial charge is 0.328 e. The van der Waals surface area contributed by atoms with Crippen molar-refractivity contribution in [2.24, 2.45) is 11.7 Å². The normalized spacial score (nSPS) is 24.4. The zero-order valence-corrected chi connectivity index (χ0v) is 9.57. The van der Waals surface area contributed by atoms with E-state index in [1.54, 1.807) is 0 Å². The summed E-state index contributed by atoms with van der Waals surface area (Å²) in [5.41, 5.74) is 7.81. The third-order valence-electron chi connectivity index (χ3n) is 3.25. The van der Waals surface area contributed by atoms with Crippen LogP contribution in [0.2, 0.25) is 0 Å². The first kappa shape index (κ1) is 11.1. The van der Waals surface area contributed by atoms with Crippen LogP contribution in [-0.4, -0.2) is 11.9 Å². The van der Waals surface area contributed by atoms with Gasteiger partial charge in [0.15, 0.2) is 0 Å². The van der Waals surface area contributed by atoms with Gasteiger partial charge < -0.3 is 11.1 Å². The highest BCUT2D eigenvalue weighted by molar-refractivity contribution is 5.93. The maximum absolute atomic E-state index is 11.9. The molecule has 3 N–H and O–H groups in total. The van der Waals surface area contributed by atoms with Crippen molar-refractivity contribution >= 4 is 11.6 Å². The van der Waals surface area contributed by atoms with Gasteiger partial charge in [-0.3, -0.25) is 4.79 Å². The number of carbonyl (C=O) groups excluding carboxylic acids is 1. The van der Waals surface area contributed by atoms with E-state index in [-0.39, 0.29) is 17.9 Å². The number of aryl methyl sites for hydroxylation is 1. The molecule has 0 saturated heterocycles. The molecule has 1 aromatic rings. The summed E-state index contributed by atoms with van der Waals surface area (Å²) in [7, 11) is 0. The Morgan fingerprint density at radius 3 is 2.75 bits per heavy atom. The second-order valence-corrected chi connectivity index (χ2v) is 4.57. The van der Waals surface area contributed by atoms with Crippen LogP contribution in [0.4, 0.5) is 5.69 Å². The fourth-order valence-corrected chi connectivity index (χ4v) is 2.20. The highest BCUT2D eigenvalue weighted by Crippen LogP contribution is 2.26. The van der Waals surface area contributed by atoms with Crippen molar-refractivity contribution in [1.82, 2.24) is 0 Å². The number of amides is 1. The molecule has 1 aliphatic rings. The van der Waals surface area contributed by atoms with Crippen LogP contribution >= 0.6 is 0 Å². The van der Waals surface area contributed by atoms with Crippen LogP contribution in [0.3, 0.4) is 0 Å². The number of hydrogen-bond acceptors (Lipinski definition) is 2. The molecule has 3 heteroatoms. The molecule has 3 nitrogen and oxygen atoms in total. The lowest BCUT2D eigenvalue weighted by atomic mass is 10.1. The summed E-state index contributed by atoms with van der Waals surface area (Å²) in [6, 6.07) is 8.03. The summed E-state index contributed by atoms with van der Waals surface area (Å²) in [5.74, 6) is 0.205. The van der Waals surface area contributed by atoms with E-state index < -0.39 is 0 Å². The Hall–Kier alpha value is -1.35. The minimum atomic E-state index is 0.0922. The Balaban J connectivity index is 2.00. The standard InChI is InChI=1S/C13H18N2O/c1-9-4-2-3-5-12(9)15-13(16)10-6-7-11(14)8-10/h2-5,10-11H,6-8,14H2,1H3,(H,15,16). The smallest absolute Gasteiger partial charge is 0.227 e. The van der Waals surface area contributed by atoms with Crippen LogP contribution in [0.5, 0.6) is 0 Å². The number of hydrogen-bond donors (Lipinski definition) is 2. The molecule has 0 spiro atoms. The van der Waals surface area contributed by atoms with Crippen molar-refractivity contribution in [3.8, 4) is 0 Å². The van der Waals surface area contributed by atoms with Crippen molar-refractivity contribution in [3.05, 3.63) is 29.8 Å². The number of rotatable bonds is 2. The molecule has 2 rings (SSSR count). The molecule has 1 aliphatic carbocycles. The van der Waals surface area contributed by atoms with Crippen LogP contribution in [0, 0.1) is 12.8 Å². The molecular weight excluding hydrogens is 200 g/mol. The molecule has 2 unspecified atom stereocenters. The topological polar surface area (TPSA) is 55.1 Å². The van der Waals surface area contributed by atoms with Gasteiger partial charge in [0.2, 0.25) is 5.91 Å². The maximum Gasteiger partial charge on any atom is 0.227 e. The molecule has 0 radical (unpaired) electrons. The second-order valence-electron chi connectivity index (χ2n) is 4.57. The lowest BCUT2D eigenvalue weighted by Gasteiger charge is -2.12. The number of nitrogens with two attached hydrogens (primary N) is 1. The first-order valence-electron chi connectivity index (χ1n) is 5.79. The maximum atomic E-state index is 11.9. The van der Waals surface area contributed by atoms with Crippen molar-refractivity contribution in [2.75, 3.05) is 5.32 Å². The quantitative estimate of drug-likeness (QED) is 0.798. The Bertz CT molecular complexity index is 389. The lowest BCUT2D eigenvalue weighted by Crippen LogP contribution is -2.23. The van der Waals surface area contributed by atoms with E-state index >= 15 is 0 Å². The molecule has 1 fully saturated rings.